The Bertz CT molecular complexity index is 395. The van der Waals surface area contributed by atoms with Gasteiger partial charge < -0.3 is 4.42 Å². The molecule has 2 rings (SSSR count). The van der Waals surface area contributed by atoms with E-state index < -0.39 is 0 Å². The summed E-state index contributed by atoms with van der Waals surface area (Å²) in [4.78, 5) is 14.2. The lowest BCUT2D eigenvalue weighted by atomic mass is 9.71. The molecule has 1 unspecified atom stereocenters. The molecule has 0 radical (unpaired) electrons. The second-order valence-corrected chi connectivity index (χ2v) is 6.31. The van der Waals surface area contributed by atoms with E-state index in [0.29, 0.717) is 11.2 Å². The highest BCUT2D eigenvalue weighted by atomic mass is 16.3. The van der Waals surface area contributed by atoms with Gasteiger partial charge in [-0.2, -0.15) is 0 Å². The van der Waals surface area contributed by atoms with Gasteiger partial charge >= 0.3 is 0 Å². The Morgan fingerprint density at radius 1 is 1.50 bits per heavy atom. The number of hydrogen-bond donors (Lipinski definition) is 0. The maximum absolute atomic E-state index is 12.0. The van der Waals surface area contributed by atoms with Crippen molar-refractivity contribution in [2.24, 2.45) is 11.3 Å². The first-order valence-electron chi connectivity index (χ1n) is 6.70. The second-order valence-electron chi connectivity index (χ2n) is 6.31. The Hall–Kier alpha value is -1.09. The average molecular weight is 249 g/mol. The summed E-state index contributed by atoms with van der Waals surface area (Å²) in [5, 5.41) is 0. The first-order valence-corrected chi connectivity index (χ1v) is 6.70. The monoisotopic (exact) mass is 249 g/mol. The number of ketones is 1. The Balaban J connectivity index is 1.89. The van der Waals surface area contributed by atoms with Crippen LogP contribution in [0.4, 0.5) is 0 Å². The Morgan fingerprint density at radius 3 is 2.94 bits per heavy atom. The second kappa shape index (κ2) is 5.27. The highest BCUT2D eigenvalue weighted by Gasteiger charge is 2.33. The van der Waals surface area contributed by atoms with Gasteiger partial charge in [-0.25, -0.2) is 0 Å². The number of carbonyl (C=O) groups excluding carboxylic acids is 1. The zero-order valence-corrected chi connectivity index (χ0v) is 11.6. The van der Waals surface area contributed by atoms with Crippen LogP contribution in [0.2, 0.25) is 0 Å². The van der Waals surface area contributed by atoms with Crippen molar-refractivity contribution < 1.29 is 9.21 Å². The fraction of sp³-hybridized carbons (Fsp3) is 0.667. The zero-order chi connectivity index (χ0) is 13.2. The number of hydrogen-bond acceptors (Lipinski definition) is 3. The maximum Gasteiger partial charge on any atom is 0.137 e. The van der Waals surface area contributed by atoms with Gasteiger partial charge in [-0.15, -0.1) is 0 Å². The molecule has 1 aliphatic rings. The van der Waals surface area contributed by atoms with Crippen molar-refractivity contribution in [3.8, 4) is 0 Å². The molecule has 100 valence electrons. The first kappa shape index (κ1) is 13.3. The van der Waals surface area contributed by atoms with Crippen LogP contribution >= 0.6 is 0 Å². The fourth-order valence-corrected chi connectivity index (χ4v) is 2.82. The van der Waals surface area contributed by atoms with Crippen molar-refractivity contribution in [3.63, 3.8) is 0 Å². The van der Waals surface area contributed by atoms with Crippen molar-refractivity contribution in [2.75, 3.05) is 13.6 Å². The van der Waals surface area contributed by atoms with E-state index in [-0.39, 0.29) is 5.92 Å². The van der Waals surface area contributed by atoms with Gasteiger partial charge in [0.25, 0.3) is 0 Å². The van der Waals surface area contributed by atoms with Gasteiger partial charge in [-0.05, 0) is 37.4 Å². The molecule has 3 nitrogen and oxygen atoms in total. The standard InChI is InChI=1S/C15H23NO2/c1-15(2)7-6-14(17)12(9-15)10-16(3)11-13-5-4-8-18-13/h4-5,8,12H,6-7,9-11H2,1-3H3. The Labute approximate surface area is 109 Å². The van der Waals surface area contributed by atoms with Crippen LogP contribution in [0.1, 0.15) is 38.9 Å². The SMILES string of the molecule is CN(Cc1ccco1)CC1CC(C)(C)CCC1=O. The molecule has 1 heterocycles. The molecule has 0 saturated heterocycles. The van der Waals surface area contributed by atoms with Crippen LogP contribution in [-0.2, 0) is 11.3 Å². The molecule has 1 aliphatic carbocycles. The van der Waals surface area contributed by atoms with E-state index in [0.717, 1.165) is 38.1 Å². The first-order chi connectivity index (χ1) is 8.46. The Kier molecular flexibility index (Phi) is 3.91. The minimum absolute atomic E-state index is 0.189. The lowest BCUT2D eigenvalue weighted by Crippen LogP contribution is -2.37. The van der Waals surface area contributed by atoms with Crippen molar-refractivity contribution in [2.45, 2.75) is 39.7 Å². The van der Waals surface area contributed by atoms with Gasteiger partial charge in [0.1, 0.15) is 11.5 Å². The van der Waals surface area contributed by atoms with Crippen LogP contribution in [0.3, 0.4) is 0 Å². The van der Waals surface area contributed by atoms with Gasteiger partial charge in [0.2, 0.25) is 0 Å². The molecule has 1 atom stereocenters. The number of carbonyl (C=O) groups is 1. The van der Waals surface area contributed by atoms with Crippen LogP contribution in [0.15, 0.2) is 22.8 Å². The number of furan rings is 1. The van der Waals surface area contributed by atoms with E-state index in [4.69, 9.17) is 4.42 Å². The number of rotatable bonds is 4. The highest BCUT2D eigenvalue weighted by molar-refractivity contribution is 5.82. The van der Waals surface area contributed by atoms with E-state index in [2.05, 4.69) is 25.8 Å². The minimum atomic E-state index is 0.189. The lowest BCUT2D eigenvalue weighted by molar-refractivity contribution is -0.127. The molecule has 0 aliphatic heterocycles. The normalized spacial score (nSPS) is 23.6. The largest absolute Gasteiger partial charge is 0.468 e. The molecule has 1 aromatic heterocycles. The topological polar surface area (TPSA) is 33.5 Å². The molecular weight excluding hydrogens is 226 g/mol. The van der Waals surface area contributed by atoms with Gasteiger partial charge in [0.15, 0.2) is 0 Å². The Morgan fingerprint density at radius 2 is 2.28 bits per heavy atom. The van der Waals surface area contributed by atoms with E-state index in [1.807, 2.05) is 12.1 Å². The summed E-state index contributed by atoms with van der Waals surface area (Å²) >= 11 is 0. The van der Waals surface area contributed by atoms with Crippen LogP contribution in [0, 0.1) is 11.3 Å². The summed E-state index contributed by atoms with van der Waals surface area (Å²) in [7, 11) is 2.05. The van der Waals surface area contributed by atoms with Crippen LogP contribution in [-0.4, -0.2) is 24.3 Å². The summed E-state index contributed by atoms with van der Waals surface area (Å²) in [6, 6.07) is 3.88. The van der Waals surface area contributed by atoms with Crippen molar-refractivity contribution >= 4 is 5.78 Å². The van der Waals surface area contributed by atoms with Gasteiger partial charge in [0, 0.05) is 18.9 Å². The van der Waals surface area contributed by atoms with E-state index in [9.17, 15) is 4.79 Å². The van der Waals surface area contributed by atoms with E-state index in [1.165, 1.54) is 0 Å². The predicted molar refractivity (Wildman–Crippen MR) is 71.2 cm³/mol. The highest BCUT2D eigenvalue weighted by Crippen LogP contribution is 2.37. The lowest BCUT2D eigenvalue weighted by Gasteiger charge is -2.35. The molecule has 1 fully saturated rings. The quantitative estimate of drug-likeness (QED) is 0.822. The van der Waals surface area contributed by atoms with Crippen molar-refractivity contribution in [1.82, 2.24) is 4.90 Å². The third-order valence-corrected chi connectivity index (χ3v) is 3.84. The molecule has 0 spiro atoms. The molecule has 0 bridgehead atoms. The van der Waals surface area contributed by atoms with Gasteiger partial charge in [-0.3, -0.25) is 9.69 Å². The summed E-state index contributed by atoms with van der Waals surface area (Å²) in [6.07, 6.45) is 4.48. The number of nitrogens with zero attached hydrogens (tertiary/aromatic N) is 1. The van der Waals surface area contributed by atoms with Gasteiger partial charge in [0.05, 0.1) is 12.8 Å². The molecule has 3 heteroatoms. The summed E-state index contributed by atoms with van der Waals surface area (Å²) in [5.41, 5.74) is 0.310. The molecule has 0 N–H and O–H groups in total. The van der Waals surface area contributed by atoms with Crippen LogP contribution in [0.5, 0.6) is 0 Å². The molecule has 0 aromatic carbocycles. The summed E-state index contributed by atoms with van der Waals surface area (Å²) in [5.74, 6) is 1.58. The molecule has 1 aromatic rings. The minimum Gasteiger partial charge on any atom is -0.468 e. The molecule has 18 heavy (non-hydrogen) atoms. The fourth-order valence-electron chi connectivity index (χ4n) is 2.82. The summed E-state index contributed by atoms with van der Waals surface area (Å²) < 4.78 is 5.33. The van der Waals surface area contributed by atoms with Crippen molar-refractivity contribution in [1.29, 1.82) is 0 Å². The maximum atomic E-state index is 12.0. The smallest absolute Gasteiger partial charge is 0.137 e. The predicted octanol–water partition coefficient (Wildman–Crippen LogP) is 3.11. The third-order valence-electron chi connectivity index (χ3n) is 3.84. The van der Waals surface area contributed by atoms with Crippen LogP contribution < -0.4 is 0 Å². The number of Topliss-reactive ketones (excluding diaryl/α,β-unsaturated/α-hetero) is 1. The van der Waals surface area contributed by atoms with Gasteiger partial charge in [-0.1, -0.05) is 13.8 Å². The summed E-state index contributed by atoms with van der Waals surface area (Å²) in [6.45, 7) is 6.14. The van der Waals surface area contributed by atoms with Crippen LogP contribution in [0.25, 0.3) is 0 Å². The molecule has 0 amide bonds. The van der Waals surface area contributed by atoms with E-state index in [1.54, 1.807) is 6.26 Å². The zero-order valence-electron chi connectivity index (χ0n) is 11.6. The van der Waals surface area contributed by atoms with Crippen molar-refractivity contribution in [3.05, 3.63) is 24.2 Å². The molecule has 1 saturated carbocycles. The van der Waals surface area contributed by atoms with E-state index >= 15 is 0 Å². The molecular formula is C15H23NO2. The average Bonchev–Trinajstić information content (AvgIpc) is 2.76. The third kappa shape index (κ3) is 3.45.